The summed E-state index contributed by atoms with van der Waals surface area (Å²) in [6.07, 6.45) is 0. The largest absolute Gasteiger partial charge is 0.493 e. The standard InChI is InChI=1S/C12H12ClN3O3S/c1-6-4-8(18-2)9(19-3)5-7(6)14-10(17)11-15-16-12(13)20-11/h4-5H,1-3H3,(H,14,17). The highest BCUT2D eigenvalue weighted by Gasteiger charge is 2.15. The van der Waals surface area contributed by atoms with Gasteiger partial charge in [0.1, 0.15) is 0 Å². The van der Waals surface area contributed by atoms with E-state index in [0.29, 0.717) is 17.2 Å². The number of methoxy groups -OCH3 is 2. The molecule has 0 aliphatic heterocycles. The van der Waals surface area contributed by atoms with Gasteiger partial charge in [0.25, 0.3) is 5.91 Å². The molecule has 0 unspecified atom stereocenters. The van der Waals surface area contributed by atoms with Crippen LogP contribution < -0.4 is 14.8 Å². The van der Waals surface area contributed by atoms with E-state index in [-0.39, 0.29) is 15.4 Å². The first kappa shape index (κ1) is 14.5. The molecule has 0 fully saturated rings. The maximum atomic E-state index is 12.0. The number of aryl methyl sites for hydroxylation is 1. The van der Waals surface area contributed by atoms with E-state index in [1.54, 1.807) is 19.2 Å². The van der Waals surface area contributed by atoms with Gasteiger partial charge in [-0.2, -0.15) is 0 Å². The average Bonchev–Trinajstić information content (AvgIpc) is 2.87. The molecular weight excluding hydrogens is 302 g/mol. The van der Waals surface area contributed by atoms with Gasteiger partial charge in [0.05, 0.1) is 14.2 Å². The van der Waals surface area contributed by atoms with E-state index < -0.39 is 0 Å². The van der Waals surface area contributed by atoms with E-state index in [4.69, 9.17) is 21.1 Å². The van der Waals surface area contributed by atoms with Crippen molar-refractivity contribution in [1.82, 2.24) is 10.2 Å². The Labute approximate surface area is 124 Å². The van der Waals surface area contributed by atoms with E-state index in [2.05, 4.69) is 15.5 Å². The molecule has 0 atom stereocenters. The van der Waals surface area contributed by atoms with Crippen molar-refractivity contribution >= 4 is 34.5 Å². The molecule has 106 valence electrons. The van der Waals surface area contributed by atoms with Crippen molar-refractivity contribution in [1.29, 1.82) is 0 Å². The zero-order valence-corrected chi connectivity index (χ0v) is 12.6. The molecule has 2 rings (SSSR count). The second kappa shape index (κ2) is 6.06. The predicted molar refractivity (Wildman–Crippen MR) is 77.2 cm³/mol. The summed E-state index contributed by atoms with van der Waals surface area (Å²) in [5.74, 6) is 0.760. The second-order valence-corrected chi connectivity index (χ2v) is 5.40. The molecular formula is C12H12ClN3O3S. The Morgan fingerprint density at radius 3 is 2.45 bits per heavy atom. The number of hydrogen-bond donors (Lipinski definition) is 1. The van der Waals surface area contributed by atoms with Gasteiger partial charge in [-0.1, -0.05) is 11.3 Å². The van der Waals surface area contributed by atoms with E-state index in [1.165, 1.54) is 7.11 Å². The summed E-state index contributed by atoms with van der Waals surface area (Å²) in [6.45, 7) is 1.85. The predicted octanol–water partition coefficient (Wildman–Crippen LogP) is 2.77. The number of anilines is 1. The molecule has 1 amide bonds. The minimum Gasteiger partial charge on any atom is -0.493 e. The third kappa shape index (κ3) is 3.00. The van der Waals surface area contributed by atoms with Gasteiger partial charge in [0.2, 0.25) is 9.47 Å². The quantitative estimate of drug-likeness (QED) is 0.939. The van der Waals surface area contributed by atoms with Crippen molar-refractivity contribution in [3.63, 3.8) is 0 Å². The summed E-state index contributed by atoms with van der Waals surface area (Å²) in [7, 11) is 3.09. The number of ether oxygens (including phenoxy) is 2. The van der Waals surface area contributed by atoms with Gasteiger partial charge < -0.3 is 14.8 Å². The lowest BCUT2D eigenvalue weighted by Gasteiger charge is -2.12. The molecule has 0 saturated carbocycles. The maximum Gasteiger partial charge on any atom is 0.286 e. The van der Waals surface area contributed by atoms with Crippen LogP contribution in [0.2, 0.25) is 4.47 Å². The van der Waals surface area contributed by atoms with E-state index in [0.717, 1.165) is 16.9 Å². The minimum absolute atomic E-state index is 0.198. The summed E-state index contributed by atoms with van der Waals surface area (Å²) in [6, 6.07) is 3.47. The third-order valence-corrected chi connectivity index (χ3v) is 3.59. The molecule has 1 heterocycles. The first-order chi connectivity index (χ1) is 9.55. The summed E-state index contributed by atoms with van der Waals surface area (Å²) in [5, 5.41) is 10.2. The zero-order chi connectivity index (χ0) is 14.7. The van der Waals surface area contributed by atoms with Crippen molar-refractivity contribution in [2.45, 2.75) is 6.92 Å². The number of carbonyl (C=O) groups is 1. The Bertz CT molecular complexity index is 645. The van der Waals surface area contributed by atoms with Crippen LogP contribution in [0.5, 0.6) is 11.5 Å². The van der Waals surface area contributed by atoms with Gasteiger partial charge in [0, 0.05) is 11.8 Å². The van der Waals surface area contributed by atoms with Crippen molar-refractivity contribution < 1.29 is 14.3 Å². The highest BCUT2D eigenvalue weighted by molar-refractivity contribution is 7.17. The van der Waals surface area contributed by atoms with Crippen LogP contribution in [0.3, 0.4) is 0 Å². The number of amides is 1. The van der Waals surface area contributed by atoms with Crippen LogP contribution in [0.15, 0.2) is 12.1 Å². The lowest BCUT2D eigenvalue weighted by atomic mass is 10.1. The molecule has 2 aromatic rings. The van der Waals surface area contributed by atoms with Gasteiger partial charge in [-0.15, -0.1) is 10.2 Å². The second-order valence-electron chi connectivity index (χ2n) is 3.84. The Kier molecular flexibility index (Phi) is 4.41. The molecule has 0 aliphatic rings. The molecule has 20 heavy (non-hydrogen) atoms. The molecule has 0 spiro atoms. The van der Waals surface area contributed by atoms with Crippen molar-refractivity contribution in [2.24, 2.45) is 0 Å². The van der Waals surface area contributed by atoms with Crippen LogP contribution in [0.25, 0.3) is 0 Å². The zero-order valence-electron chi connectivity index (χ0n) is 11.1. The molecule has 1 aromatic heterocycles. The average molecular weight is 314 g/mol. The van der Waals surface area contributed by atoms with E-state index in [9.17, 15) is 4.79 Å². The number of benzene rings is 1. The normalized spacial score (nSPS) is 10.2. The van der Waals surface area contributed by atoms with Gasteiger partial charge in [0.15, 0.2) is 11.5 Å². The highest BCUT2D eigenvalue weighted by atomic mass is 35.5. The molecule has 0 radical (unpaired) electrons. The lowest BCUT2D eigenvalue weighted by Crippen LogP contribution is -2.12. The van der Waals surface area contributed by atoms with Crippen LogP contribution in [-0.4, -0.2) is 30.3 Å². The fourth-order valence-electron chi connectivity index (χ4n) is 1.59. The van der Waals surface area contributed by atoms with Crippen LogP contribution in [-0.2, 0) is 0 Å². The van der Waals surface area contributed by atoms with Crippen molar-refractivity contribution in [2.75, 3.05) is 19.5 Å². The summed E-state index contributed by atoms with van der Waals surface area (Å²) < 4.78 is 10.6. The summed E-state index contributed by atoms with van der Waals surface area (Å²) >= 11 is 6.67. The number of carbonyl (C=O) groups excluding carboxylic acids is 1. The summed E-state index contributed by atoms with van der Waals surface area (Å²) in [5.41, 5.74) is 1.45. The van der Waals surface area contributed by atoms with E-state index in [1.807, 2.05) is 6.92 Å². The smallest absolute Gasteiger partial charge is 0.286 e. The summed E-state index contributed by atoms with van der Waals surface area (Å²) in [4.78, 5) is 12.0. The maximum absolute atomic E-state index is 12.0. The van der Waals surface area contributed by atoms with Crippen molar-refractivity contribution in [3.05, 3.63) is 27.2 Å². The number of nitrogens with zero attached hydrogens (tertiary/aromatic N) is 2. The third-order valence-electron chi connectivity index (χ3n) is 2.57. The van der Waals surface area contributed by atoms with Gasteiger partial charge in [-0.25, -0.2) is 0 Å². The molecule has 1 N–H and O–H groups in total. The van der Waals surface area contributed by atoms with Gasteiger partial charge in [-0.3, -0.25) is 4.79 Å². The Morgan fingerprint density at radius 2 is 1.90 bits per heavy atom. The lowest BCUT2D eigenvalue weighted by molar-refractivity contribution is 0.102. The van der Waals surface area contributed by atoms with Crippen LogP contribution >= 0.6 is 22.9 Å². The van der Waals surface area contributed by atoms with Gasteiger partial charge >= 0.3 is 0 Å². The van der Waals surface area contributed by atoms with Gasteiger partial charge in [-0.05, 0) is 30.2 Å². The molecule has 8 heteroatoms. The van der Waals surface area contributed by atoms with Crippen LogP contribution in [0.1, 0.15) is 15.4 Å². The minimum atomic E-state index is -0.371. The number of hydrogen-bond acceptors (Lipinski definition) is 6. The Morgan fingerprint density at radius 1 is 1.25 bits per heavy atom. The number of rotatable bonds is 4. The molecule has 0 aliphatic carbocycles. The number of nitrogens with one attached hydrogen (secondary N) is 1. The first-order valence-electron chi connectivity index (χ1n) is 5.58. The monoisotopic (exact) mass is 313 g/mol. The fourth-order valence-corrected chi connectivity index (χ4v) is 2.31. The van der Waals surface area contributed by atoms with Crippen LogP contribution in [0.4, 0.5) is 5.69 Å². The van der Waals surface area contributed by atoms with Crippen molar-refractivity contribution in [3.8, 4) is 11.5 Å². The molecule has 6 nitrogen and oxygen atoms in total. The number of aromatic nitrogens is 2. The Balaban J connectivity index is 2.27. The topological polar surface area (TPSA) is 73.3 Å². The molecule has 0 bridgehead atoms. The van der Waals surface area contributed by atoms with Crippen LogP contribution in [0, 0.1) is 6.92 Å². The first-order valence-corrected chi connectivity index (χ1v) is 6.77. The molecule has 0 saturated heterocycles. The molecule has 1 aromatic carbocycles. The highest BCUT2D eigenvalue weighted by Crippen LogP contribution is 2.33. The SMILES string of the molecule is COc1cc(C)c(NC(=O)c2nnc(Cl)s2)cc1OC. The Hall–Kier alpha value is -1.86. The fraction of sp³-hybridized carbons (Fsp3) is 0.250. The number of halogens is 1. The van der Waals surface area contributed by atoms with E-state index >= 15 is 0 Å².